The first kappa shape index (κ1) is 22.9. The zero-order valence-corrected chi connectivity index (χ0v) is 20.0. The van der Waals surface area contributed by atoms with E-state index < -0.39 is 10.0 Å². The van der Waals surface area contributed by atoms with Crippen LogP contribution >= 0.6 is 12.2 Å². The lowest BCUT2D eigenvalue weighted by Crippen LogP contribution is -2.46. The van der Waals surface area contributed by atoms with Crippen molar-refractivity contribution in [2.45, 2.75) is 11.6 Å². The molecule has 1 aliphatic rings. The van der Waals surface area contributed by atoms with Crippen LogP contribution in [0.1, 0.15) is 5.56 Å². The lowest BCUT2D eigenvalue weighted by atomic mass is 10.2. The number of piperazine rings is 1. The van der Waals surface area contributed by atoms with Crippen molar-refractivity contribution in [3.05, 3.63) is 65.0 Å². The maximum absolute atomic E-state index is 12.5. The third kappa shape index (κ3) is 5.02. The summed E-state index contributed by atoms with van der Waals surface area (Å²) >= 11 is 5.43. The van der Waals surface area contributed by atoms with Crippen molar-refractivity contribution in [1.82, 2.24) is 18.7 Å². The van der Waals surface area contributed by atoms with Crippen LogP contribution in [-0.4, -0.2) is 73.9 Å². The minimum Gasteiger partial charge on any atom is -0.429 e. The molecule has 0 aliphatic carbocycles. The van der Waals surface area contributed by atoms with Crippen LogP contribution in [0.4, 0.5) is 0 Å². The molecule has 0 spiro atoms. The molecule has 1 saturated heterocycles. The molecule has 0 amide bonds. The van der Waals surface area contributed by atoms with Crippen molar-refractivity contribution >= 4 is 39.4 Å². The van der Waals surface area contributed by atoms with Gasteiger partial charge in [0.05, 0.1) is 17.1 Å². The molecule has 1 aliphatic heterocycles. The summed E-state index contributed by atoms with van der Waals surface area (Å²) in [5.41, 5.74) is 2.51. The fourth-order valence-electron chi connectivity index (χ4n) is 3.76. The molecular weight excluding hydrogens is 444 g/mol. The van der Waals surface area contributed by atoms with Gasteiger partial charge in [0.25, 0.3) is 4.84 Å². The van der Waals surface area contributed by atoms with Crippen molar-refractivity contribution in [3.8, 4) is 0 Å². The van der Waals surface area contributed by atoms with Crippen molar-refractivity contribution in [2.24, 2.45) is 0 Å². The number of sulfonamides is 1. The van der Waals surface area contributed by atoms with E-state index in [2.05, 4.69) is 34.1 Å². The minimum atomic E-state index is -3.53. The first-order chi connectivity index (χ1) is 15.3. The van der Waals surface area contributed by atoms with E-state index >= 15 is 0 Å². The fraction of sp³-hybridized carbons (Fsp3) is 0.348. The molecule has 1 fully saturated rings. The van der Waals surface area contributed by atoms with Gasteiger partial charge in [0, 0.05) is 46.8 Å². The summed E-state index contributed by atoms with van der Waals surface area (Å²) in [7, 11) is -0.480. The Labute approximate surface area is 194 Å². The summed E-state index contributed by atoms with van der Waals surface area (Å²) in [6, 6.07) is 15.2. The average Bonchev–Trinajstić information content (AvgIpc) is 3.10. The smallest absolute Gasteiger partial charge is 0.270 e. The van der Waals surface area contributed by atoms with Crippen molar-refractivity contribution in [3.63, 3.8) is 0 Å². The maximum Gasteiger partial charge on any atom is 0.270 e. The third-order valence-corrected chi connectivity index (χ3v) is 7.81. The molecule has 170 valence electrons. The molecule has 2 heterocycles. The van der Waals surface area contributed by atoms with Gasteiger partial charge in [-0.25, -0.2) is 12.7 Å². The van der Waals surface area contributed by atoms with Crippen molar-refractivity contribution in [1.29, 1.82) is 0 Å². The summed E-state index contributed by atoms with van der Waals surface area (Å²) in [5.74, 6) is 0. The normalized spacial score (nSPS) is 16.5. The second kappa shape index (κ2) is 9.68. The topological polar surface area (TPSA) is 61.9 Å². The van der Waals surface area contributed by atoms with E-state index in [-0.39, 0.29) is 4.90 Å². The number of oxazole rings is 1. The Morgan fingerprint density at radius 3 is 2.41 bits per heavy atom. The number of fused-ring (bicyclic) bond motifs is 1. The molecule has 0 bridgehead atoms. The molecule has 0 atom stereocenters. The van der Waals surface area contributed by atoms with Gasteiger partial charge in [0.1, 0.15) is 0 Å². The van der Waals surface area contributed by atoms with Gasteiger partial charge in [-0.3, -0.25) is 14.4 Å². The highest BCUT2D eigenvalue weighted by Gasteiger charge is 2.21. The average molecular weight is 473 g/mol. The van der Waals surface area contributed by atoms with E-state index in [9.17, 15) is 8.42 Å². The largest absolute Gasteiger partial charge is 0.429 e. The van der Waals surface area contributed by atoms with E-state index in [0.717, 1.165) is 32.7 Å². The highest BCUT2D eigenvalue weighted by molar-refractivity contribution is 7.89. The predicted octanol–water partition coefficient (Wildman–Crippen LogP) is 3.50. The Hall–Kier alpha value is -2.30. The molecule has 2 aromatic carbocycles. The monoisotopic (exact) mass is 472 g/mol. The zero-order chi connectivity index (χ0) is 22.7. The van der Waals surface area contributed by atoms with Crippen molar-refractivity contribution in [2.75, 3.05) is 46.8 Å². The second-order valence-electron chi connectivity index (χ2n) is 8.09. The molecule has 9 heteroatoms. The SMILES string of the molecule is CN(C)S(=O)(=O)c1ccc2oc(=S)n(CN3CCN(C/C=C/c4ccccc4)CC3)c2c1. The van der Waals surface area contributed by atoms with Crippen LogP contribution < -0.4 is 0 Å². The van der Waals surface area contributed by atoms with Crippen LogP contribution in [0.25, 0.3) is 17.2 Å². The minimum absolute atomic E-state index is 0.231. The quantitative estimate of drug-likeness (QED) is 0.491. The van der Waals surface area contributed by atoms with Crippen LogP contribution in [0.3, 0.4) is 0 Å². The fourth-order valence-corrected chi connectivity index (χ4v) is 4.93. The molecule has 0 N–H and O–H groups in total. The molecule has 3 aromatic rings. The number of benzene rings is 2. The summed E-state index contributed by atoms with van der Waals surface area (Å²) < 4.78 is 33.9. The highest BCUT2D eigenvalue weighted by Crippen LogP contribution is 2.23. The van der Waals surface area contributed by atoms with Gasteiger partial charge in [0.15, 0.2) is 5.58 Å². The van der Waals surface area contributed by atoms with E-state index in [0.29, 0.717) is 22.6 Å². The molecule has 0 unspecified atom stereocenters. The second-order valence-corrected chi connectivity index (χ2v) is 10.6. The summed E-state index contributed by atoms with van der Waals surface area (Å²) in [6.45, 7) is 5.23. The van der Waals surface area contributed by atoms with E-state index in [1.165, 1.54) is 24.0 Å². The number of hydrogen-bond acceptors (Lipinski definition) is 6. The number of hydrogen-bond donors (Lipinski definition) is 0. The van der Waals surface area contributed by atoms with E-state index in [1.807, 2.05) is 22.8 Å². The Morgan fingerprint density at radius 1 is 1.03 bits per heavy atom. The Morgan fingerprint density at radius 2 is 1.72 bits per heavy atom. The lowest BCUT2D eigenvalue weighted by Gasteiger charge is -2.34. The highest BCUT2D eigenvalue weighted by atomic mass is 32.2. The summed E-state index contributed by atoms with van der Waals surface area (Å²) in [4.78, 5) is 5.32. The van der Waals surface area contributed by atoms with Crippen LogP contribution in [0, 0.1) is 4.84 Å². The van der Waals surface area contributed by atoms with Crippen LogP contribution in [0.2, 0.25) is 0 Å². The molecule has 32 heavy (non-hydrogen) atoms. The van der Waals surface area contributed by atoms with Gasteiger partial charge in [-0.1, -0.05) is 42.5 Å². The molecule has 7 nitrogen and oxygen atoms in total. The Bertz CT molecular complexity index is 1260. The standard InChI is InChI=1S/C23H28N4O3S2/c1-24(2)32(28,29)20-10-11-22-21(17-20)27(23(31)30-22)18-26-15-13-25(14-16-26)12-6-9-19-7-4-3-5-8-19/h3-11,17H,12-16,18H2,1-2H3/b9-6+. The Kier molecular flexibility index (Phi) is 6.92. The van der Waals surface area contributed by atoms with E-state index in [1.54, 1.807) is 18.2 Å². The van der Waals surface area contributed by atoms with Crippen molar-refractivity contribution < 1.29 is 12.8 Å². The van der Waals surface area contributed by atoms with E-state index in [4.69, 9.17) is 16.6 Å². The summed E-state index contributed by atoms with van der Waals surface area (Å²) in [6.07, 6.45) is 4.36. The first-order valence-electron chi connectivity index (χ1n) is 10.6. The van der Waals surface area contributed by atoms with Gasteiger partial charge in [-0.15, -0.1) is 0 Å². The number of nitrogens with zero attached hydrogens (tertiary/aromatic N) is 4. The number of rotatable bonds is 7. The molecule has 4 rings (SSSR count). The molecule has 1 aromatic heterocycles. The third-order valence-electron chi connectivity index (χ3n) is 5.70. The molecule has 0 radical (unpaired) electrons. The first-order valence-corrected chi connectivity index (χ1v) is 12.4. The van der Waals surface area contributed by atoms with Gasteiger partial charge in [-0.05, 0) is 36.0 Å². The van der Waals surface area contributed by atoms with Gasteiger partial charge in [0.2, 0.25) is 10.0 Å². The van der Waals surface area contributed by atoms with Gasteiger partial charge >= 0.3 is 0 Å². The predicted molar refractivity (Wildman–Crippen MR) is 129 cm³/mol. The van der Waals surface area contributed by atoms with Crippen LogP contribution in [0.15, 0.2) is 63.9 Å². The maximum atomic E-state index is 12.5. The molecule has 0 saturated carbocycles. The van der Waals surface area contributed by atoms with Crippen LogP contribution in [-0.2, 0) is 16.7 Å². The van der Waals surface area contributed by atoms with Gasteiger partial charge < -0.3 is 4.42 Å². The summed E-state index contributed by atoms with van der Waals surface area (Å²) in [5, 5.41) is 0. The van der Waals surface area contributed by atoms with Gasteiger partial charge in [-0.2, -0.15) is 0 Å². The van der Waals surface area contributed by atoms with Crippen LogP contribution in [0.5, 0.6) is 0 Å². The Balaban J connectivity index is 1.41. The zero-order valence-electron chi connectivity index (χ0n) is 18.3. The lowest BCUT2D eigenvalue weighted by molar-refractivity contribution is 0.115. The number of aromatic nitrogens is 1. The molecular formula is C23H28N4O3S2.